The lowest BCUT2D eigenvalue weighted by atomic mass is 9.83. The van der Waals surface area contributed by atoms with Gasteiger partial charge in [0.25, 0.3) is 0 Å². The van der Waals surface area contributed by atoms with Crippen LogP contribution < -0.4 is 14.8 Å². The minimum absolute atomic E-state index is 0.542. The largest absolute Gasteiger partial charge is 0.449 e. The number of rotatable bonds is 4. The smallest absolute Gasteiger partial charge is 0.246 e. The van der Waals surface area contributed by atoms with E-state index in [4.69, 9.17) is 9.47 Å². The number of fused-ring (bicyclic) bond motifs is 1. The molecule has 3 rings (SSSR count). The molecule has 1 N–H and O–H groups in total. The summed E-state index contributed by atoms with van der Waals surface area (Å²) in [5.41, 5.74) is 1.15. The van der Waals surface area contributed by atoms with E-state index >= 15 is 0 Å². The van der Waals surface area contributed by atoms with Gasteiger partial charge in [0.15, 0.2) is 11.5 Å². The third kappa shape index (κ3) is 3.45. The normalized spacial score (nSPS) is 26.6. The van der Waals surface area contributed by atoms with Gasteiger partial charge in [-0.3, -0.25) is 0 Å². The zero-order valence-electron chi connectivity index (χ0n) is 13.4. The first-order valence-corrected chi connectivity index (χ1v) is 8.34. The van der Waals surface area contributed by atoms with Gasteiger partial charge in [-0.05, 0) is 43.7 Å². The lowest BCUT2D eigenvalue weighted by molar-refractivity contribution is -0.0431. The molecule has 0 unspecified atom stereocenters. The van der Waals surface area contributed by atoms with Gasteiger partial charge in [-0.25, -0.2) is 0 Å². The second-order valence-corrected chi connectivity index (χ2v) is 6.92. The fraction of sp³-hybridized carbons (Fsp3) is 0.667. The predicted molar refractivity (Wildman–Crippen MR) is 86.1 cm³/mol. The van der Waals surface area contributed by atoms with Crippen LogP contribution in [0, 0.1) is 5.92 Å². The summed E-state index contributed by atoms with van der Waals surface area (Å²) in [6.45, 7) is 6.17. The van der Waals surface area contributed by atoms with Crippen molar-refractivity contribution >= 4 is 5.69 Å². The van der Waals surface area contributed by atoms with Crippen LogP contribution in [0.25, 0.3) is 0 Å². The summed E-state index contributed by atoms with van der Waals surface area (Å²) >= 11 is 0. The minimum Gasteiger partial charge on any atom is -0.449 e. The summed E-state index contributed by atoms with van der Waals surface area (Å²) in [6, 6.07) is 6.78. The fourth-order valence-corrected chi connectivity index (χ4v) is 3.55. The first kappa shape index (κ1) is 14.6. The van der Waals surface area contributed by atoms with Crippen molar-refractivity contribution in [2.24, 2.45) is 5.92 Å². The highest BCUT2D eigenvalue weighted by Gasteiger charge is 2.31. The van der Waals surface area contributed by atoms with Gasteiger partial charge in [-0.2, -0.15) is 0 Å². The van der Waals surface area contributed by atoms with E-state index in [2.05, 4.69) is 24.4 Å². The lowest BCUT2D eigenvalue weighted by Gasteiger charge is -2.29. The van der Waals surface area contributed by atoms with E-state index in [0.29, 0.717) is 6.04 Å². The maximum absolute atomic E-state index is 5.81. The molecule has 0 amide bonds. The molecule has 2 aliphatic rings. The first-order valence-electron chi connectivity index (χ1n) is 8.34. The van der Waals surface area contributed by atoms with Crippen molar-refractivity contribution in [3.05, 3.63) is 18.2 Å². The topological polar surface area (TPSA) is 30.5 Å². The molecule has 1 aromatic rings. The molecule has 21 heavy (non-hydrogen) atoms. The molecule has 116 valence electrons. The van der Waals surface area contributed by atoms with Crippen LogP contribution in [0.4, 0.5) is 5.69 Å². The zero-order valence-corrected chi connectivity index (χ0v) is 13.4. The first-order chi connectivity index (χ1) is 10.1. The van der Waals surface area contributed by atoms with Gasteiger partial charge < -0.3 is 14.8 Å². The van der Waals surface area contributed by atoms with Crippen molar-refractivity contribution in [3.63, 3.8) is 0 Å². The molecule has 0 saturated heterocycles. The molecule has 1 aliphatic heterocycles. The van der Waals surface area contributed by atoms with Crippen molar-refractivity contribution in [2.45, 2.75) is 71.1 Å². The maximum atomic E-state index is 5.81. The predicted octanol–water partition coefficient (Wildman–Crippen LogP) is 4.96. The maximum Gasteiger partial charge on any atom is 0.246 e. The molecule has 1 fully saturated rings. The Morgan fingerprint density at radius 3 is 2.52 bits per heavy atom. The van der Waals surface area contributed by atoms with Crippen molar-refractivity contribution in [3.8, 4) is 11.5 Å². The number of hydrogen-bond acceptors (Lipinski definition) is 3. The van der Waals surface area contributed by atoms with Gasteiger partial charge in [-0.15, -0.1) is 0 Å². The molecule has 0 spiro atoms. The Morgan fingerprint density at radius 2 is 1.81 bits per heavy atom. The van der Waals surface area contributed by atoms with Gasteiger partial charge in [0.2, 0.25) is 5.79 Å². The Bertz CT molecular complexity index is 490. The molecule has 3 heteroatoms. The van der Waals surface area contributed by atoms with E-state index < -0.39 is 5.79 Å². The fourth-order valence-electron chi connectivity index (χ4n) is 3.55. The minimum atomic E-state index is -0.542. The van der Waals surface area contributed by atoms with Crippen molar-refractivity contribution in [1.82, 2.24) is 0 Å². The molecular weight excluding hydrogens is 262 g/mol. The van der Waals surface area contributed by atoms with E-state index in [1.807, 2.05) is 19.9 Å². The number of hydrogen-bond donors (Lipinski definition) is 1. The second kappa shape index (κ2) is 5.78. The van der Waals surface area contributed by atoms with E-state index in [-0.39, 0.29) is 0 Å². The van der Waals surface area contributed by atoms with Crippen LogP contribution in [-0.2, 0) is 0 Å². The van der Waals surface area contributed by atoms with Gasteiger partial charge in [0.1, 0.15) is 0 Å². The highest BCUT2D eigenvalue weighted by atomic mass is 16.7. The Hall–Kier alpha value is -1.38. The van der Waals surface area contributed by atoms with Crippen LogP contribution in [0.5, 0.6) is 11.5 Å². The highest BCUT2D eigenvalue weighted by Crippen LogP contribution is 2.41. The lowest BCUT2D eigenvalue weighted by Crippen LogP contribution is -2.29. The summed E-state index contributed by atoms with van der Waals surface area (Å²) in [4.78, 5) is 0. The summed E-state index contributed by atoms with van der Waals surface area (Å²) in [7, 11) is 0. The highest BCUT2D eigenvalue weighted by molar-refractivity contribution is 5.56. The molecule has 3 nitrogen and oxygen atoms in total. The molecule has 0 atom stereocenters. The van der Waals surface area contributed by atoms with Crippen LogP contribution in [-0.4, -0.2) is 11.8 Å². The zero-order chi connectivity index (χ0) is 14.9. The Labute approximate surface area is 128 Å². The van der Waals surface area contributed by atoms with Crippen LogP contribution in [0.15, 0.2) is 18.2 Å². The summed E-state index contributed by atoms with van der Waals surface area (Å²) in [6.07, 6.45) is 8.01. The third-order valence-electron chi connectivity index (χ3n) is 4.57. The average molecular weight is 289 g/mol. The molecule has 1 heterocycles. The Morgan fingerprint density at radius 1 is 1.10 bits per heavy atom. The second-order valence-electron chi connectivity index (χ2n) is 6.92. The SMILES string of the molecule is CCCC1CCC(Nc2ccc3c(c2)OC(C)(C)O3)CC1. The van der Waals surface area contributed by atoms with Crippen molar-refractivity contribution in [2.75, 3.05) is 5.32 Å². The summed E-state index contributed by atoms with van der Waals surface area (Å²) in [5.74, 6) is 2.10. The molecule has 1 saturated carbocycles. The van der Waals surface area contributed by atoms with Crippen LogP contribution in [0.1, 0.15) is 59.3 Å². The van der Waals surface area contributed by atoms with Gasteiger partial charge in [0, 0.05) is 31.6 Å². The quantitative estimate of drug-likeness (QED) is 0.849. The summed E-state index contributed by atoms with van der Waals surface area (Å²) < 4.78 is 11.5. The Balaban J connectivity index is 1.58. The Kier molecular flexibility index (Phi) is 4.01. The van der Waals surface area contributed by atoms with Crippen LogP contribution in [0.2, 0.25) is 0 Å². The number of anilines is 1. The van der Waals surface area contributed by atoms with Crippen LogP contribution >= 0.6 is 0 Å². The molecule has 1 aromatic carbocycles. The van der Waals surface area contributed by atoms with E-state index in [1.54, 1.807) is 0 Å². The van der Waals surface area contributed by atoms with Gasteiger partial charge >= 0.3 is 0 Å². The van der Waals surface area contributed by atoms with E-state index in [1.165, 1.54) is 38.5 Å². The molecule has 0 bridgehead atoms. The summed E-state index contributed by atoms with van der Waals surface area (Å²) in [5, 5.41) is 3.67. The molecule has 1 aliphatic carbocycles. The van der Waals surface area contributed by atoms with E-state index in [9.17, 15) is 0 Å². The van der Waals surface area contributed by atoms with Crippen molar-refractivity contribution in [1.29, 1.82) is 0 Å². The average Bonchev–Trinajstić information content (AvgIpc) is 2.74. The molecule has 0 aromatic heterocycles. The number of ether oxygens (including phenoxy) is 2. The number of benzene rings is 1. The molecular formula is C18H27NO2. The standard InChI is InChI=1S/C18H27NO2/c1-4-5-13-6-8-14(9-7-13)19-15-10-11-16-17(12-15)21-18(2,3)20-16/h10-14,19H,4-9H2,1-3H3. The van der Waals surface area contributed by atoms with Crippen molar-refractivity contribution < 1.29 is 9.47 Å². The third-order valence-corrected chi connectivity index (χ3v) is 4.57. The van der Waals surface area contributed by atoms with Crippen LogP contribution in [0.3, 0.4) is 0 Å². The number of nitrogens with one attached hydrogen (secondary N) is 1. The molecule has 0 radical (unpaired) electrons. The van der Waals surface area contributed by atoms with Gasteiger partial charge in [0.05, 0.1) is 0 Å². The monoisotopic (exact) mass is 289 g/mol. The van der Waals surface area contributed by atoms with Gasteiger partial charge in [-0.1, -0.05) is 19.8 Å². The van der Waals surface area contributed by atoms with E-state index in [0.717, 1.165) is 23.1 Å².